The molecule has 2 aromatic rings. The van der Waals surface area contributed by atoms with Crippen molar-refractivity contribution in [3.05, 3.63) is 52.8 Å². The summed E-state index contributed by atoms with van der Waals surface area (Å²) in [6.45, 7) is 0.675. The number of benzene rings is 1. The third kappa shape index (κ3) is 6.71. The minimum atomic E-state index is -4.70. The van der Waals surface area contributed by atoms with E-state index < -0.39 is 30.4 Å². The molecule has 12 heteroatoms. The molecule has 1 aromatic carbocycles. The Labute approximate surface area is 180 Å². The summed E-state index contributed by atoms with van der Waals surface area (Å²) in [5.41, 5.74) is -1.39. The lowest BCUT2D eigenvalue weighted by Gasteiger charge is -2.30. The number of aromatic nitrogens is 2. The zero-order valence-electron chi connectivity index (χ0n) is 16.3. The molecule has 0 saturated carbocycles. The zero-order chi connectivity index (χ0) is 23.0. The standard InChI is InChI=1S/C19H19ClF4N6O/c1-12(16(28-11-25)29-18-26-5-3-6-27-18)30(7-2-4-21)17(31)13-8-14(19(22,23)24)10-15(20)9-13/h3,5-6,8-12H,2,4,7H2,1H3,(H2,25,26,27,28,29). The van der Waals surface area contributed by atoms with Crippen LogP contribution in [0.25, 0.3) is 0 Å². The summed E-state index contributed by atoms with van der Waals surface area (Å²) in [5.74, 6) is -0.594. The fraction of sp³-hybridized carbons (Fsp3) is 0.316. The molecular formula is C19H19ClF4N6O. The molecule has 0 aliphatic heterocycles. The van der Waals surface area contributed by atoms with E-state index in [0.29, 0.717) is 12.1 Å². The van der Waals surface area contributed by atoms with E-state index >= 15 is 0 Å². The molecule has 0 radical (unpaired) electrons. The van der Waals surface area contributed by atoms with E-state index in [0.717, 1.165) is 17.3 Å². The fourth-order valence-corrected chi connectivity index (χ4v) is 2.92. The molecule has 0 aliphatic rings. The van der Waals surface area contributed by atoms with E-state index in [2.05, 4.69) is 20.3 Å². The number of halogens is 5. The van der Waals surface area contributed by atoms with Gasteiger partial charge in [-0.2, -0.15) is 13.2 Å². The van der Waals surface area contributed by atoms with Crippen LogP contribution in [0.3, 0.4) is 0 Å². The number of nitrogens with one attached hydrogen (secondary N) is 2. The third-order valence-electron chi connectivity index (χ3n) is 4.14. The predicted molar refractivity (Wildman–Crippen MR) is 109 cm³/mol. The number of nitrogens with zero attached hydrogens (tertiary/aromatic N) is 4. The van der Waals surface area contributed by atoms with Crippen LogP contribution in [-0.2, 0) is 6.18 Å². The van der Waals surface area contributed by atoms with Crippen molar-refractivity contribution in [3.8, 4) is 0 Å². The number of anilines is 1. The van der Waals surface area contributed by atoms with Gasteiger partial charge in [0.05, 0.1) is 18.3 Å². The molecule has 31 heavy (non-hydrogen) atoms. The highest BCUT2D eigenvalue weighted by Gasteiger charge is 2.33. The van der Waals surface area contributed by atoms with E-state index in [4.69, 9.17) is 17.0 Å². The van der Waals surface area contributed by atoms with Crippen LogP contribution in [0.1, 0.15) is 29.3 Å². The maximum absolute atomic E-state index is 13.1. The Balaban J connectivity index is 2.41. The topological polar surface area (TPSA) is 94.3 Å². The molecular weight excluding hydrogens is 440 g/mol. The van der Waals surface area contributed by atoms with E-state index in [1.807, 2.05) is 0 Å². The Hall–Kier alpha value is -3.08. The molecule has 7 nitrogen and oxygen atoms in total. The van der Waals surface area contributed by atoms with Gasteiger partial charge in [0.25, 0.3) is 5.91 Å². The van der Waals surface area contributed by atoms with E-state index in [1.165, 1.54) is 19.3 Å². The second-order valence-corrected chi connectivity index (χ2v) is 6.72. The first-order valence-electron chi connectivity index (χ1n) is 9.02. The maximum atomic E-state index is 13.1. The number of hydrogen-bond acceptors (Lipinski definition) is 4. The zero-order valence-corrected chi connectivity index (χ0v) is 17.1. The Morgan fingerprint density at radius 2 is 2.00 bits per heavy atom. The van der Waals surface area contributed by atoms with Crippen molar-refractivity contribution >= 4 is 35.6 Å². The van der Waals surface area contributed by atoms with E-state index in [9.17, 15) is 22.4 Å². The smallest absolute Gasteiger partial charge is 0.329 e. The number of carbonyl (C=O) groups is 1. The summed E-state index contributed by atoms with van der Waals surface area (Å²) in [4.78, 5) is 26.1. The highest BCUT2D eigenvalue weighted by atomic mass is 35.5. The normalized spacial score (nSPS) is 12.9. The Morgan fingerprint density at radius 1 is 1.32 bits per heavy atom. The van der Waals surface area contributed by atoms with Gasteiger partial charge in [0, 0.05) is 29.5 Å². The molecule has 1 aromatic heterocycles. The molecule has 1 unspecified atom stereocenters. The molecule has 0 spiro atoms. The first kappa shape index (κ1) is 24.2. The van der Waals surface area contributed by atoms with Crippen LogP contribution in [0.2, 0.25) is 5.02 Å². The van der Waals surface area contributed by atoms with Crippen LogP contribution in [-0.4, -0.2) is 52.2 Å². The van der Waals surface area contributed by atoms with Gasteiger partial charge in [0.1, 0.15) is 12.2 Å². The summed E-state index contributed by atoms with van der Waals surface area (Å²) in [7, 11) is 0. The molecule has 166 valence electrons. The van der Waals surface area contributed by atoms with Gasteiger partial charge in [-0.1, -0.05) is 11.6 Å². The quantitative estimate of drug-likeness (QED) is 0.347. The summed E-state index contributed by atoms with van der Waals surface area (Å²) < 4.78 is 52.3. The van der Waals surface area contributed by atoms with Gasteiger partial charge in [0.15, 0.2) is 0 Å². The lowest BCUT2D eigenvalue weighted by molar-refractivity contribution is -0.137. The number of alkyl halides is 4. The Bertz CT molecular complexity index is 939. The van der Waals surface area contributed by atoms with Gasteiger partial charge < -0.3 is 10.2 Å². The van der Waals surface area contributed by atoms with Crippen molar-refractivity contribution in [2.75, 3.05) is 18.5 Å². The van der Waals surface area contributed by atoms with Gasteiger partial charge >= 0.3 is 6.18 Å². The summed E-state index contributed by atoms with van der Waals surface area (Å²) >= 11 is 5.80. The maximum Gasteiger partial charge on any atom is 0.416 e. The van der Waals surface area contributed by atoms with Gasteiger partial charge in [-0.15, -0.1) is 0 Å². The van der Waals surface area contributed by atoms with Gasteiger partial charge in [-0.25, -0.2) is 15.0 Å². The van der Waals surface area contributed by atoms with Crippen molar-refractivity contribution in [2.24, 2.45) is 4.99 Å². The SMILES string of the molecule is CC(/C(=N/C=N)Nc1ncccn1)N(CCCF)C(=O)c1cc(Cl)cc(C(F)(F)F)c1. The van der Waals surface area contributed by atoms with Crippen molar-refractivity contribution in [1.82, 2.24) is 14.9 Å². The summed E-state index contributed by atoms with van der Waals surface area (Å²) in [6.07, 6.45) is -1.12. The number of amides is 1. The number of amidine groups is 1. The Kier molecular flexibility index (Phi) is 8.43. The second-order valence-electron chi connectivity index (χ2n) is 6.28. The first-order valence-corrected chi connectivity index (χ1v) is 9.40. The molecule has 2 N–H and O–H groups in total. The third-order valence-corrected chi connectivity index (χ3v) is 4.36. The molecule has 0 fully saturated rings. The average Bonchev–Trinajstić information content (AvgIpc) is 2.73. The van der Waals surface area contributed by atoms with Crippen molar-refractivity contribution in [1.29, 1.82) is 5.41 Å². The highest BCUT2D eigenvalue weighted by molar-refractivity contribution is 6.31. The van der Waals surface area contributed by atoms with Crippen LogP contribution >= 0.6 is 11.6 Å². The van der Waals surface area contributed by atoms with Crippen molar-refractivity contribution in [3.63, 3.8) is 0 Å². The molecule has 2 rings (SSSR count). The number of aliphatic imine (C=N–C) groups is 1. The predicted octanol–water partition coefficient (Wildman–Crippen LogP) is 4.46. The van der Waals surface area contributed by atoms with Gasteiger partial charge in [0.2, 0.25) is 5.95 Å². The van der Waals surface area contributed by atoms with Crippen molar-refractivity contribution in [2.45, 2.75) is 25.6 Å². The van der Waals surface area contributed by atoms with Crippen LogP contribution in [0, 0.1) is 5.41 Å². The molecule has 0 saturated heterocycles. The van der Waals surface area contributed by atoms with E-state index in [-0.39, 0.29) is 35.3 Å². The van der Waals surface area contributed by atoms with Gasteiger partial charge in [-0.3, -0.25) is 14.6 Å². The minimum absolute atomic E-state index is 0.0531. The summed E-state index contributed by atoms with van der Waals surface area (Å²) in [5, 5.41) is 9.78. The summed E-state index contributed by atoms with van der Waals surface area (Å²) in [6, 6.07) is 3.21. The molecule has 1 heterocycles. The molecule has 0 bridgehead atoms. The highest BCUT2D eigenvalue weighted by Crippen LogP contribution is 2.32. The van der Waals surface area contributed by atoms with Gasteiger partial charge in [-0.05, 0) is 37.6 Å². The van der Waals surface area contributed by atoms with Crippen molar-refractivity contribution < 1.29 is 22.4 Å². The molecule has 0 aliphatic carbocycles. The van der Waals surface area contributed by atoms with Crippen LogP contribution < -0.4 is 5.32 Å². The Morgan fingerprint density at radius 3 is 2.58 bits per heavy atom. The lowest BCUT2D eigenvalue weighted by Crippen LogP contribution is -2.46. The van der Waals surface area contributed by atoms with Crippen LogP contribution in [0.4, 0.5) is 23.5 Å². The molecule has 1 amide bonds. The lowest BCUT2D eigenvalue weighted by atomic mass is 10.1. The fourth-order valence-electron chi connectivity index (χ4n) is 2.68. The minimum Gasteiger partial charge on any atom is -0.329 e. The number of hydrogen-bond donors (Lipinski definition) is 2. The largest absolute Gasteiger partial charge is 0.416 e. The average molecular weight is 459 g/mol. The number of rotatable bonds is 8. The first-order chi connectivity index (χ1) is 14.7. The molecule has 1 atom stereocenters. The second kappa shape index (κ2) is 10.8. The monoisotopic (exact) mass is 458 g/mol. The van der Waals surface area contributed by atoms with E-state index in [1.54, 1.807) is 6.07 Å². The van der Waals surface area contributed by atoms with Crippen LogP contribution in [0.5, 0.6) is 0 Å². The number of carbonyl (C=O) groups excluding carboxylic acids is 1. The van der Waals surface area contributed by atoms with Crippen LogP contribution in [0.15, 0.2) is 41.7 Å².